The normalized spacial score (nSPS) is 9.86. The van der Waals surface area contributed by atoms with Crippen LogP contribution in [-0.2, 0) is 4.79 Å². The van der Waals surface area contributed by atoms with E-state index in [-0.39, 0.29) is 23.7 Å². The molecular weight excluding hydrogens is 325 g/mol. The third-order valence-corrected chi connectivity index (χ3v) is 3.13. The third-order valence-electron chi connectivity index (χ3n) is 2.78. The quantitative estimate of drug-likeness (QED) is 0.619. The minimum atomic E-state index is -0.681. The van der Waals surface area contributed by atoms with Gasteiger partial charge in [-0.05, 0) is 41.9 Å². The molecule has 22 heavy (non-hydrogen) atoms. The molecule has 4 nitrogen and oxygen atoms in total. The Balaban J connectivity index is 2.41. The molecule has 0 spiro atoms. The summed E-state index contributed by atoms with van der Waals surface area (Å²) in [6, 6.07) is 12.7. The predicted molar refractivity (Wildman–Crippen MR) is 82.4 cm³/mol. The van der Waals surface area contributed by atoms with Crippen molar-refractivity contribution in [2.24, 2.45) is 0 Å². The predicted octanol–water partition coefficient (Wildman–Crippen LogP) is 3.59. The summed E-state index contributed by atoms with van der Waals surface area (Å²) in [5.41, 5.74) is 0.884. The average molecular weight is 334 g/mol. The van der Waals surface area contributed by atoms with Crippen molar-refractivity contribution < 1.29 is 14.3 Å². The summed E-state index contributed by atoms with van der Waals surface area (Å²) in [5.74, 6) is -0.164. The van der Waals surface area contributed by atoms with Crippen molar-refractivity contribution in [3.8, 4) is 11.8 Å². The summed E-state index contributed by atoms with van der Waals surface area (Å²) in [5, 5.41) is 8.57. The zero-order valence-electron chi connectivity index (χ0n) is 11.2. The number of nitriles is 1. The summed E-state index contributed by atoms with van der Waals surface area (Å²) in [6.07, 6.45) is 0. The Morgan fingerprint density at radius 1 is 1.18 bits per heavy atom. The highest BCUT2D eigenvalue weighted by atomic mass is 35.5. The van der Waals surface area contributed by atoms with Gasteiger partial charge in [-0.3, -0.25) is 9.59 Å². The third kappa shape index (κ3) is 3.85. The second-order valence-corrected chi connectivity index (χ2v) is 5.16. The maximum Gasteiger partial charge on any atom is 0.259 e. The number of carbonyl (C=O) groups excluding carboxylic acids is 2. The van der Waals surface area contributed by atoms with Crippen molar-refractivity contribution in [1.29, 1.82) is 5.26 Å². The summed E-state index contributed by atoms with van der Waals surface area (Å²) >= 11 is 11.2. The molecule has 2 aromatic rings. The Labute approximate surface area is 136 Å². The topological polar surface area (TPSA) is 67.2 Å². The van der Waals surface area contributed by atoms with Crippen LogP contribution in [0.25, 0.3) is 0 Å². The van der Waals surface area contributed by atoms with E-state index in [1.807, 2.05) is 6.07 Å². The fraction of sp³-hybridized carbons (Fsp3) is 0.0625. The van der Waals surface area contributed by atoms with Gasteiger partial charge in [-0.1, -0.05) is 23.7 Å². The fourth-order valence-electron chi connectivity index (χ4n) is 1.83. The van der Waals surface area contributed by atoms with Gasteiger partial charge in [0.1, 0.15) is 5.75 Å². The van der Waals surface area contributed by atoms with Crippen molar-refractivity contribution >= 4 is 34.2 Å². The van der Waals surface area contributed by atoms with Crippen LogP contribution in [0.4, 0.5) is 0 Å². The number of hydrogen-bond donors (Lipinski definition) is 0. The van der Waals surface area contributed by atoms with Crippen molar-refractivity contribution in [3.63, 3.8) is 0 Å². The Hall–Kier alpha value is -2.35. The van der Waals surface area contributed by atoms with E-state index in [4.69, 9.17) is 33.2 Å². The zero-order valence-corrected chi connectivity index (χ0v) is 12.7. The van der Waals surface area contributed by atoms with Crippen LogP contribution < -0.4 is 4.74 Å². The highest BCUT2D eigenvalue weighted by Gasteiger charge is 2.16. The summed E-state index contributed by atoms with van der Waals surface area (Å²) < 4.78 is 5.23. The van der Waals surface area contributed by atoms with Gasteiger partial charge in [-0.2, -0.15) is 5.26 Å². The SMILES string of the molecule is N#Cc1cccc(C(=O)c2cc(Cl)ccc2OCC(=O)Cl)c1. The summed E-state index contributed by atoms with van der Waals surface area (Å²) in [7, 11) is 0. The molecule has 0 aliphatic carbocycles. The number of benzene rings is 2. The maximum absolute atomic E-state index is 12.6. The molecule has 0 radical (unpaired) electrons. The number of ether oxygens (including phenoxy) is 1. The number of halogens is 2. The van der Waals surface area contributed by atoms with E-state index in [0.717, 1.165) is 0 Å². The maximum atomic E-state index is 12.6. The van der Waals surface area contributed by atoms with Crippen LogP contribution in [0.5, 0.6) is 5.75 Å². The molecule has 0 aromatic heterocycles. The number of ketones is 1. The van der Waals surface area contributed by atoms with E-state index in [1.165, 1.54) is 24.3 Å². The monoisotopic (exact) mass is 333 g/mol. The Morgan fingerprint density at radius 2 is 1.95 bits per heavy atom. The molecule has 2 rings (SSSR count). The standard InChI is InChI=1S/C16H9Cl2NO3/c17-12-4-5-14(22-9-15(18)20)13(7-12)16(21)11-3-1-2-10(6-11)8-19/h1-7H,9H2. The van der Waals surface area contributed by atoms with Crippen LogP contribution in [0.2, 0.25) is 5.02 Å². The minimum absolute atomic E-state index is 0.195. The first-order chi connectivity index (χ1) is 10.5. The van der Waals surface area contributed by atoms with Gasteiger partial charge in [0.15, 0.2) is 12.4 Å². The van der Waals surface area contributed by atoms with Gasteiger partial charge in [0, 0.05) is 10.6 Å². The number of carbonyl (C=O) groups is 2. The summed E-state index contributed by atoms with van der Waals surface area (Å²) in [6.45, 7) is -0.359. The molecule has 0 atom stereocenters. The van der Waals surface area contributed by atoms with Gasteiger partial charge < -0.3 is 4.74 Å². The second kappa shape index (κ2) is 7.08. The zero-order chi connectivity index (χ0) is 16.1. The van der Waals surface area contributed by atoms with Gasteiger partial charge in [0.05, 0.1) is 17.2 Å². The lowest BCUT2D eigenvalue weighted by Crippen LogP contribution is -2.09. The molecular formula is C16H9Cl2NO3. The molecule has 2 aromatic carbocycles. The Bertz CT molecular complexity index is 781. The molecule has 110 valence electrons. The van der Waals surface area contributed by atoms with Crippen LogP contribution in [0.15, 0.2) is 42.5 Å². The first-order valence-electron chi connectivity index (χ1n) is 6.17. The molecule has 0 bridgehead atoms. The average Bonchev–Trinajstić information content (AvgIpc) is 2.52. The van der Waals surface area contributed by atoms with E-state index >= 15 is 0 Å². The molecule has 0 aliphatic heterocycles. The van der Waals surface area contributed by atoms with Gasteiger partial charge >= 0.3 is 0 Å². The van der Waals surface area contributed by atoms with Crippen LogP contribution in [0.1, 0.15) is 21.5 Å². The largest absolute Gasteiger partial charge is 0.484 e. The van der Waals surface area contributed by atoms with Crippen LogP contribution in [0, 0.1) is 11.3 Å². The molecule has 0 unspecified atom stereocenters. The lowest BCUT2D eigenvalue weighted by Gasteiger charge is -2.10. The van der Waals surface area contributed by atoms with Crippen LogP contribution in [0.3, 0.4) is 0 Å². The molecule has 0 fully saturated rings. The van der Waals surface area contributed by atoms with Crippen molar-refractivity contribution in [1.82, 2.24) is 0 Å². The number of nitrogens with zero attached hydrogens (tertiary/aromatic N) is 1. The van der Waals surface area contributed by atoms with Crippen molar-refractivity contribution in [3.05, 3.63) is 64.2 Å². The van der Waals surface area contributed by atoms with E-state index in [1.54, 1.807) is 18.2 Å². The van der Waals surface area contributed by atoms with Crippen molar-refractivity contribution in [2.45, 2.75) is 0 Å². The molecule has 0 saturated heterocycles. The summed E-state index contributed by atoms with van der Waals surface area (Å²) in [4.78, 5) is 23.4. The number of hydrogen-bond acceptors (Lipinski definition) is 4. The molecule has 0 heterocycles. The highest BCUT2D eigenvalue weighted by molar-refractivity contribution is 6.63. The van der Waals surface area contributed by atoms with E-state index < -0.39 is 5.24 Å². The molecule has 0 amide bonds. The minimum Gasteiger partial charge on any atom is -0.484 e. The van der Waals surface area contributed by atoms with E-state index in [2.05, 4.69) is 0 Å². The van der Waals surface area contributed by atoms with Gasteiger partial charge in [-0.15, -0.1) is 0 Å². The molecule has 0 N–H and O–H groups in total. The molecule has 0 saturated carbocycles. The first-order valence-corrected chi connectivity index (χ1v) is 6.92. The van der Waals surface area contributed by atoms with E-state index in [9.17, 15) is 9.59 Å². The second-order valence-electron chi connectivity index (χ2n) is 4.31. The molecule has 0 aliphatic rings. The van der Waals surface area contributed by atoms with Gasteiger partial charge in [-0.25, -0.2) is 0 Å². The van der Waals surface area contributed by atoms with Gasteiger partial charge in [0.2, 0.25) is 0 Å². The first kappa shape index (κ1) is 16.0. The lowest BCUT2D eigenvalue weighted by atomic mass is 10.0. The van der Waals surface area contributed by atoms with Gasteiger partial charge in [0.25, 0.3) is 5.24 Å². The Kier molecular flexibility index (Phi) is 5.16. The Morgan fingerprint density at radius 3 is 2.64 bits per heavy atom. The fourth-order valence-corrected chi connectivity index (χ4v) is 2.05. The molecule has 6 heteroatoms. The van der Waals surface area contributed by atoms with Crippen molar-refractivity contribution in [2.75, 3.05) is 6.61 Å². The lowest BCUT2D eigenvalue weighted by molar-refractivity contribution is -0.113. The van der Waals surface area contributed by atoms with Crippen LogP contribution in [-0.4, -0.2) is 17.6 Å². The van der Waals surface area contributed by atoms with E-state index in [0.29, 0.717) is 16.1 Å². The smallest absolute Gasteiger partial charge is 0.259 e. The highest BCUT2D eigenvalue weighted by Crippen LogP contribution is 2.26. The number of rotatable bonds is 5. The van der Waals surface area contributed by atoms with Crippen LogP contribution >= 0.6 is 23.2 Å².